The van der Waals surface area contributed by atoms with Gasteiger partial charge in [-0.1, -0.05) is 72.7 Å². The maximum atomic E-state index is 14.2. The summed E-state index contributed by atoms with van der Waals surface area (Å²) in [6, 6.07) is 1.63. The van der Waals surface area contributed by atoms with Crippen LogP contribution in [0.5, 0.6) is 0 Å². The van der Waals surface area contributed by atoms with Crippen LogP contribution in [0.25, 0.3) is 0 Å². The first-order chi connectivity index (χ1) is 38.6. The van der Waals surface area contributed by atoms with E-state index < -0.39 is 41.7 Å². The number of carbonyl (C=O) groups excluding carboxylic acids is 5. The number of amides is 3. The SMILES string of the molecule is C.CC1CCC(C(=O)N(c2cc(C#CC(C)(C)C)sc2C(=O)O)C2CCC(OC(=O)[C@H](N)C(C)C)CC2)CC1.CC1CCC(C(=O)N(c2cc(C#CC(C)(C)C)sc2C(=O)O)C2CCC(OC(=O)[C@H](NC(=O)OC(C)(C)C)C(C)C)CC2)CC1. The summed E-state index contributed by atoms with van der Waals surface area (Å²) < 4.78 is 16.9. The van der Waals surface area contributed by atoms with Gasteiger partial charge in [-0.05, 0) is 201 Å². The third-order valence-electron chi connectivity index (χ3n) is 15.8. The molecule has 2 aromatic rings. The summed E-state index contributed by atoms with van der Waals surface area (Å²) in [6.07, 6.45) is 10.5. The smallest absolute Gasteiger partial charge is 0.408 e. The lowest BCUT2D eigenvalue weighted by molar-refractivity contribution is -0.155. The number of rotatable bonds is 15. The fourth-order valence-corrected chi connectivity index (χ4v) is 12.7. The molecule has 0 radical (unpaired) electrons. The molecule has 2 aromatic heterocycles. The van der Waals surface area contributed by atoms with Crippen molar-refractivity contribution in [1.29, 1.82) is 0 Å². The first-order valence-electron chi connectivity index (χ1n) is 30.2. The van der Waals surface area contributed by atoms with E-state index in [2.05, 4.69) is 42.8 Å². The molecule has 4 aliphatic rings. The summed E-state index contributed by atoms with van der Waals surface area (Å²) in [7, 11) is 0. The highest BCUT2D eigenvalue weighted by Gasteiger charge is 2.41. The van der Waals surface area contributed by atoms with E-state index in [1.165, 1.54) is 0 Å². The fraction of sp³-hybridized carbons (Fsp3) is 0.712. The molecule has 5 N–H and O–H groups in total. The minimum absolute atomic E-state index is 0. The van der Waals surface area contributed by atoms with Crippen LogP contribution in [0.15, 0.2) is 12.1 Å². The number of nitrogens with two attached hydrogens (primary N) is 1. The van der Waals surface area contributed by atoms with Crippen molar-refractivity contribution in [2.75, 3.05) is 9.80 Å². The highest BCUT2D eigenvalue weighted by Crippen LogP contribution is 2.42. The van der Waals surface area contributed by atoms with Gasteiger partial charge in [0.1, 0.15) is 39.6 Å². The monoisotopic (exact) mass is 1200 g/mol. The number of nitrogens with zero attached hydrogens (tertiary/aromatic N) is 2. The molecular weight excluding hydrogens is 1100 g/mol. The Morgan fingerprint density at radius 3 is 1.24 bits per heavy atom. The van der Waals surface area contributed by atoms with Crippen molar-refractivity contribution in [3.8, 4) is 23.7 Å². The van der Waals surface area contributed by atoms with Crippen LogP contribution >= 0.6 is 22.7 Å². The number of nitrogens with one attached hydrogen (secondary N) is 1. The topological polar surface area (TPSA) is 232 Å². The minimum Gasteiger partial charge on any atom is -0.477 e. The number of alkyl carbamates (subject to hydrolysis) is 1. The van der Waals surface area contributed by atoms with Gasteiger partial charge < -0.3 is 45.3 Å². The van der Waals surface area contributed by atoms with Gasteiger partial charge in [-0.25, -0.2) is 19.2 Å². The summed E-state index contributed by atoms with van der Waals surface area (Å²) >= 11 is 2.24. The molecular formula is C66H100N4O12S2. The predicted molar refractivity (Wildman–Crippen MR) is 334 cm³/mol. The van der Waals surface area contributed by atoms with Crippen LogP contribution in [0.2, 0.25) is 0 Å². The second-order valence-electron chi connectivity index (χ2n) is 27.5. The molecule has 16 nitrogen and oxygen atoms in total. The van der Waals surface area contributed by atoms with Crippen molar-refractivity contribution >= 4 is 75.8 Å². The number of esters is 2. The molecule has 84 heavy (non-hydrogen) atoms. The largest absolute Gasteiger partial charge is 0.477 e. The Hall–Kier alpha value is -5.43. The zero-order valence-electron chi connectivity index (χ0n) is 52.2. The minimum atomic E-state index is -1.08. The number of anilines is 2. The molecule has 18 heteroatoms. The van der Waals surface area contributed by atoms with Crippen molar-refractivity contribution in [2.45, 2.75) is 256 Å². The lowest BCUT2D eigenvalue weighted by Gasteiger charge is -2.39. The van der Waals surface area contributed by atoms with Gasteiger partial charge in [-0.2, -0.15) is 0 Å². The summed E-state index contributed by atoms with van der Waals surface area (Å²) in [5.74, 6) is 10.2. The molecule has 3 amide bonds. The van der Waals surface area contributed by atoms with E-state index in [1.807, 2.05) is 69.2 Å². The Morgan fingerprint density at radius 1 is 0.571 bits per heavy atom. The Balaban J connectivity index is 0.000000361. The number of hydrogen-bond acceptors (Lipinski definition) is 13. The Kier molecular flexibility index (Phi) is 26.0. The maximum Gasteiger partial charge on any atom is 0.408 e. The molecule has 0 bridgehead atoms. The van der Waals surface area contributed by atoms with E-state index >= 15 is 0 Å². The highest BCUT2D eigenvalue weighted by molar-refractivity contribution is 7.15. The van der Waals surface area contributed by atoms with Crippen LogP contribution in [0.3, 0.4) is 0 Å². The third-order valence-corrected chi connectivity index (χ3v) is 17.9. The van der Waals surface area contributed by atoms with Crippen molar-refractivity contribution < 1.29 is 58.0 Å². The summed E-state index contributed by atoms with van der Waals surface area (Å²) in [5.41, 5.74) is 5.65. The van der Waals surface area contributed by atoms with Crippen molar-refractivity contribution in [3.05, 3.63) is 31.6 Å². The zero-order chi connectivity index (χ0) is 61.9. The Morgan fingerprint density at radius 2 is 0.929 bits per heavy atom. The summed E-state index contributed by atoms with van der Waals surface area (Å²) in [4.78, 5) is 95.9. The Labute approximate surface area is 509 Å². The average Bonchev–Trinajstić information content (AvgIpc) is 2.02. The van der Waals surface area contributed by atoms with Crippen LogP contribution in [-0.2, 0) is 33.4 Å². The van der Waals surface area contributed by atoms with Crippen LogP contribution in [0.4, 0.5) is 16.2 Å². The second-order valence-corrected chi connectivity index (χ2v) is 29.6. The first-order valence-corrected chi connectivity index (χ1v) is 31.9. The van der Waals surface area contributed by atoms with Gasteiger partial charge in [0.05, 0.1) is 21.1 Å². The fourth-order valence-electron chi connectivity index (χ4n) is 11.0. The summed E-state index contributed by atoms with van der Waals surface area (Å²) in [6.45, 7) is 29.1. The van der Waals surface area contributed by atoms with E-state index in [1.54, 1.807) is 42.7 Å². The van der Waals surface area contributed by atoms with Gasteiger partial charge in [0, 0.05) is 34.7 Å². The molecule has 0 aromatic carbocycles. The molecule has 0 spiro atoms. The lowest BCUT2D eigenvalue weighted by atomic mass is 9.81. The molecule has 4 aliphatic carbocycles. The average molecular weight is 1210 g/mol. The van der Waals surface area contributed by atoms with Crippen LogP contribution < -0.4 is 20.9 Å². The van der Waals surface area contributed by atoms with Gasteiger partial charge in [0.15, 0.2) is 0 Å². The number of thiophene rings is 2. The number of hydrogen-bond donors (Lipinski definition) is 4. The Bertz CT molecular complexity index is 2710. The molecule has 2 atom stereocenters. The number of aromatic carboxylic acids is 2. The van der Waals surface area contributed by atoms with Gasteiger partial charge in [0.2, 0.25) is 11.8 Å². The van der Waals surface area contributed by atoms with Crippen molar-refractivity contribution in [2.24, 2.45) is 52.1 Å². The molecule has 4 saturated carbocycles. The second kappa shape index (κ2) is 30.8. The maximum absolute atomic E-state index is 14.2. The third kappa shape index (κ3) is 21.2. The van der Waals surface area contributed by atoms with Crippen molar-refractivity contribution in [1.82, 2.24) is 5.32 Å². The van der Waals surface area contributed by atoms with Gasteiger partial charge in [0.25, 0.3) is 0 Å². The number of carbonyl (C=O) groups is 7. The molecule has 4 fully saturated rings. The molecule has 0 aliphatic heterocycles. The summed E-state index contributed by atoms with van der Waals surface area (Å²) in [5, 5.41) is 22.9. The normalized spacial score (nSPS) is 23.5. The van der Waals surface area contributed by atoms with Gasteiger partial charge in [-0.3, -0.25) is 14.4 Å². The predicted octanol–water partition coefficient (Wildman–Crippen LogP) is 13.9. The van der Waals surface area contributed by atoms with E-state index in [0.717, 1.165) is 74.0 Å². The van der Waals surface area contributed by atoms with Crippen molar-refractivity contribution in [3.63, 3.8) is 0 Å². The molecule has 0 unspecified atom stereocenters. The van der Waals surface area contributed by atoms with E-state index in [9.17, 15) is 43.8 Å². The molecule has 468 valence electrons. The first kappa shape index (κ1) is 71.1. The highest BCUT2D eigenvalue weighted by atomic mass is 32.1. The van der Waals surface area contributed by atoms with E-state index in [-0.39, 0.29) is 93.8 Å². The standard InChI is InChI=1S/C35H52N2O7S.C30H44N2O5S.CH4/c1-21(2)28(36-33(42)44-35(7,8)9)32(41)43-25-16-14-24(15-17-25)37(30(38)23-12-10-22(3)11-13-23)27-20-26(18-19-34(4,5)6)45-29(27)31(39)40;1-18(2)25(31)29(36)37-22-13-11-21(12-14-22)32(27(33)20-9-7-19(3)8-10-20)24-17-23(15-16-30(4,5)6)38-26(24)28(34)35;/h20-25,28H,10-17H2,1-9H3,(H,36,42)(H,39,40);17-22,25H,7-14,31H2,1-6H3,(H,34,35);1H4/t22?,23?,24?,25?,28-;19?,20?,21?,22?,25-;/m11./s1. The van der Waals surface area contributed by atoms with E-state index in [0.29, 0.717) is 84.3 Å². The molecule has 0 saturated heterocycles. The molecule has 2 heterocycles. The zero-order valence-corrected chi connectivity index (χ0v) is 53.8. The quantitative estimate of drug-likeness (QED) is 0.0739. The number of carboxylic acid groups (broad SMARTS) is 2. The number of ether oxygens (including phenoxy) is 3. The number of carboxylic acids is 2. The van der Waals surface area contributed by atoms with Crippen LogP contribution in [0, 0.1) is 70.0 Å². The lowest BCUT2D eigenvalue weighted by Crippen LogP contribution is -2.49. The molecule has 6 rings (SSSR count). The van der Waals surface area contributed by atoms with Crippen LogP contribution in [0.1, 0.15) is 243 Å². The van der Waals surface area contributed by atoms with Gasteiger partial charge in [-0.15, -0.1) is 22.7 Å². The van der Waals surface area contributed by atoms with Gasteiger partial charge >= 0.3 is 30.0 Å². The van der Waals surface area contributed by atoms with E-state index in [4.69, 9.17) is 19.9 Å². The van der Waals surface area contributed by atoms with Crippen LogP contribution in [-0.4, -0.2) is 94.0 Å².